The van der Waals surface area contributed by atoms with E-state index in [2.05, 4.69) is 16.5 Å². The summed E-state index contributed by atoms with van der Waals surface area (Å²) in [5.41, 5.74) is 3.14. The normalized spacial score (nSPS) is 12.2. The van der Waals surface area contributed by atoms with Gasteiger partial charge in [0.2, 0.25) is 0 Å². The van der Waals surface area contributed by atoms with Crippen LogP contribution < -0.4 is 14.8 Å². The minimum atomic E-state index is 0.0158. The molecule has 1 atom stereocenters. The largest absolute Gasteiger partial charge is 0.497 e. The summed E-state index contributed by atoms with van der Waals surface area (Å²) in [5, 5.41) is 7.73. The molecule has 0 aliphatic rings. The molecule has 0 aliphatic carbocycles. The van der Waals surface area contributed by atoms with Crippen molar-refractivity contribution < 1.29 is 9.47 Å². The Morgan fingerprint density at radius 2 is 1.95 bits per heavy atom. The van der Waals surface area contributed by atoms with Crippen LogP contribution in [0.4, 0.5) is 0 Å². The highest BCUT2D eigenvalue weighted by Crippen LogP contribution is 2.32. The van der Waals surface area contributed by atoms with Crippen LogP contribution in [0.25, 0.3) is 0 Å². The lowest BCUT2D eigenvalue weighted by atomic mass is 10.0. The molecule has 1 N–H and O–H groups in total. The predicted octanol–water partition coefficient (Wildman–Crippen LogP) is 2.05. The molecule has 0 amide bonds. The summed E-state index contributed by atoms with van der Waals surface area (Å²) >= 11 is 0. The van der Waals surface area contributed by atoms with Crippen molar-refractivity contribution in [2.24, 2.45) is 7.05 Å². The summed E-state index contributed by atoms with van der Waals surface area (Å²) < 4.78 is 12.6. The van der Waals surface area contributed by atoms with Crippen molar-refractivity contribution in [1.82, 2.24) is 15.1 Å². The summed E-state index contributed by atoms with van der Waals surface area (Å²) in [6, 6.07) is 7.93. The van der Waals surface area contributed by atoms with E-state index in [0.717, 1.165) is 28.5 Å². The number of nitrogens with one attached hydrogen (secondary N) is 1. The quantitative estimate of drug-likeness (QED) is 0.907. The highest BCUT2D eigenvalue weighted by molar-refractivity contribution is 5.45. The number of hydrogen-bond donors (Lipinski definition) is 1. The molecule has 1 aromatic carbocycles. The molecule has 1 heterocycles. The molecule has 1 aromatic heterocycles. The van der Waals surface area contributed by atoms with Gasteiger partial charge in [0.05, 0.1) is 31.6 Å². The van der Waals surface area contributed by atoms with Crippen LogP contribution in [0.15, 0.2) is 24.3 Å². The maximum atomic E-state index is 5.49. The summed E-state index contributed by atoms with van der Waals surface area (Å²) in [5.74, 6) is 1.57. The molecule has 0 fully saturated rings. The Morgan fingerprint density at radius 1 is 1.20 bits per heavy atom. The minimum Gasteiger partial charge on any atom is -0.497 e. The number of ether oxygens (including phenoxy) is 2. The fraction of sp³-hybridized carbons (Fsp3) is 0.400. The van der Waals surface area contributed by atoms with Gasteiger partial charge in [-0.3, -0.25) is 4.68 Å². The number of aryl methyl sites for hydroxylation is 2. The second-order valence-corrected chi connectivity index (χ2v) is 4.66. The summed E-state index contributed by atoms with van der Waals surface area (Å²) in [4.78, 5) is 0. The minimum absolute atomic E-state index is 0.0158. The van der Waals surface area contributed by atoms with Crippen molar-refractivity contribution in [3.05, 3.63) is 41.2 Å². The lowest BCUT2D eigenvalue weighted by Gasteiger charge is -2.20. The molecule has 0 saturated heterocycles. The molecule has 0 spiro atoms. The van der Waals surface area contributed by atoms with Crippen LogP contribution in [-0.4, -0.2) is 31.0 Å². The molecule has 5 heteroatoms. The van der Waals surface area contributed by atoms with E-state index in [0.29, 0.717) is 0 Å². The molecule has 5 nitrogen and oxygen atoms in total. The number of benzene rings is 1. The standard InChI is InChI=1S/C15H21N3O2/c1-10-8-13(18(3)17-10)15(16-2)12-7-6-11(19-4)9-14(12)20-5/h6-9,15-16H,1-5H3. The molecule has 0 bridgehead atoms. The van der Waals surface area contributed by atoms with Gasteiger partial charge in [0.25, 0.3) is 0 Å². The van der Waals surface area contributed by atoms with Crippen LogP contribution in [0.5, 0.6) is 11.5 Å². The molecule has 1 unspecified atom stereocenters. The Bertz CT molecular complexity index is 593. The van der Waals surface area contributed by atoms with Crippen molar-refractivity contribution in [3.8, 4) is 11.5 Å². The first-order valence-corrected chi connectivity index (χ1v) is 6.50. The highest BCUT2D eigenvalue weighted by Gasteiger charge is 2.20. The Balaban J connectivity index is 2.49. The van der Waals surface area contributed by atoms with E-state index in [-0.39, 0.29) is 6.04 Å². The van der Waals surface area contributed by atoms with Crippen molar-refractivity contribution in [3.63, 3.8) is 0 Å². The van der Waals surface area contributed by atoms with Crippen molar-refractivity contribution >= 4 is 0 Å². The maximum Gasteiger partial charge on any atom is 0.127 e. The molecule has 0 radical (unpaired) electrons. The second kappa shape index (κ2) is 5.96. The van der Waals surface area contributed by atoms with Crippen LogP contribution in [0.1, 0.15) is 23.0 Å². The van der Waals surface area contributed by atoms with Crippen LogP contribution in [0.2, 0.25) is 0 Å². The SMILES string of the molecule is CNC(c1ccc(OC)cc1OC)c1cc(C)nn1C. The lowest BCUT2D eigenvalue weighted by Crippen LogP contribution is -2.21. The van der Waals surface area contributed by atoms with Crippen molar-refractivity contribution in [2.75, 3.05) is 21.3 Å². The molecule has 0 saturated carbocycles. The first kappa shape index (κ1) is 14.4. The fourth-order valence-corrected chi connectivity index (χ4v) is 2.42. The van der Waals surface area contributed by atoms with E-state index in [1.807, 2.05) is 43.9 Å². The molecule has 20 heavy (non-hydrogen) atoms. The Morgan fingerprint density at radius 3 is 2.45 bits per heavy atom. The molecule has 2 rings (SSSR count). The van der Waals surface area contributed by atoms with E-state index < -0.39 is 0 Å². The van der Waals surface area contributed by atoms with E-state index in [4.69, 9.17) is 9.47 Å². The van der Waals surface area contributed by atoms with Crippen molar-refractivity contribution in [2.45, 2.75) is 13.0 Å². The third-order valence-electron chi connectivity index (χ3n) is 3.37. The molecule has 2 aromatic rings. The van der Waals surface area contributed by atoms with E-state index in [1.54, 1.807) is 14.2 Å². The molecule has 108 valence electrons. The number of hydrogen-bond acceptors (Lipinski definition) is 4. The Kier molecular flexibility index (Phi) is 4.29. The van der Waals surface area contributed by atoms with Crippen molar-refractivity contribution in [1.29, 1.82) is 0 Å². The number of rotatable bonds is 5. The van der Waals surface area contributed by atoms with Gasteiger partial charge in [-0.1, -0.05) is 0 Å². The second-order valence-electron chi connectivity index (χ2n) is 4.66. The summed E-state index contributed by atoms with van der Waals surface area (Å²) in [6.45, 7) is 1.99. The van der Waals surface area contributed by atoms with Gasteiger partial charge in [0.15, 0.2) is 0 Å². The Labute approximate surface area is 119 Å². The maximum absolute atomic E-state index is 5.49. The van der Waals surface area contributed by atoms with Gasteiger partial charge < -0.3 is 14.8 Å². The average molecular weight is 275 g/mol. The van der Waals surface area contributed by atoms with E-state index in [1.165, 1.54) is 0 Å². The molecular weight excluding hydrogens is 254 g/mol. The first-order valence-electron chi connectivity index (χ1n) is 6.50. The zero-order valence-corrected chi connectivity index (χ0v) is 12.6. The number of methoxy groups -OCH3 is 2. The summed E-state index contributed by atoms with van der Waals surface area (Å²) in [7, 11) is 7.19. The molecular formula is C15H21N3O2. The van der Waals surface area contributed by atoms with Gasteiger partial charge in [-0.05, 0) is 32.2 Å². The first-order chi connectivity index (χ1) is 9.60. The monoisotopic (exact) mass is 275 g/mol. The van der Waals surface area contributed by atoms with Gasteiger partial charge in [0, 0.05) is 18.7 Å². The van der Waals surface area contributed by atoms with Gasteiger partial charge in [-0.15, -0.1) is 0 Å². The lowest BCUT2D eigenvalue weighted by molar-refractivity contribution is 0.387. The smallest absolute Gasteiger partial charge is 0.127 e. The fourth-order valence-electron chi connectivity index (χ4n) is 2.42. The number of nitrogens with zero attached hydrogens (tertiary/aromatic N) is 2. The van der Waals surface area contributed by atoms with Gasteiger partial charge in [-0.2, -0.15) is 5.10 Å². The topological polar surface area (TPSA) is 48.3 Å². The van der Waals surface area contributed by atoms with Crippen LogP contribution >= 0.6 is 0 Å². The Hall–Kier alpha value is -2.01. The third kappa shape index (κ3) is 2.63. The van der Waals surface area contributed by atoms with Crippen LogP contribution in [0.3, 0.4) is 0 Å². The summed E-state index contributed by atoms with van der Waals surface area (Å²) in [6.07, 6.45) is 0. The van der Waals surface area contributed by atoms with Gasteiger partial charge >= 0.3 is 0 Å². The third-order valence-corrected chi connectivity index (χ3v) is 3.37. The zero-order valence-electron chi connectivity index (χ0n) is 12.6. The highest BCUT2D eigenvalue weighted by atomic mass is 16.5. The van der Waals surface area contributed by atoms with Crippen LogP contribution in [0, 0.1) is 6.92 Å². The predicted molar refractivity (Wildman–Crippen MR) is 78.4 cm³/mol. The molecule has 0 aliphatic heterocycles. The van der Waals surface area contributed by atoms with Gasteiger partial charge in [0.1, 0.15) is 11.5 Å². The van der Waals surface area contributed by atoms with E-state index >= 15 is 0 Å². The average Bonchev–Trinajstić information content (AvgIpc) is 2.79. The number of aromatic nitrogens is 2. The zero-order chi connectivity index (χ0) is 14.7. The van der Waals surface area contributed by atoms with E-state index in [9.17, 15) is 0 Å². The van der Waals surface area contributed by atoms with Crippen LogP contribution in [-0.2, 0) is 7.05 Å². The van der Waals surface area contributed by atoms with Gasteiger partial charge in [-0.25, -0.2) is 0 Å².